The molecule has 0 saturated carbocycles. The molecule has 0 saturated heterocycles. The zero-order valence-corrected chi connectivity index (χ0v) is 19.2. The van der Waals surface area contributed by atoms with Gasteiger partial charge in [0.05, 0.1) is 13.0 Å². The molecule has 166 valence electrons. The molecule has 1 aliphatic rings. The highest BCUT2D eigenvalue weighted by Gasteiger charge is 2.31. The second-order valence-electron chi connectivity index (χ2n) is 7.11. The first-order chi connectivity index (χ1) is 16.0. The van der Waals surface area contributed by atoms with Crippen molar-refractivity contribution in [1.82, 2.24) is 0 Å². The zero-order valence-electron chi connectivity index (χ0n) is 17.6. The third-order valence-electron chi connectivity index (χ3n) is 5.04. The van der Waals surface area contributed by atoms with Gasteiger partial charge in [0, 0.05) is 16.1 Å². The third-order valence-corrected chi connectivity index (χ3v) is 5.57. The van der Waals surface area contributed by atoms with Crippen LogP contribution in [0.2, 0.25) is 0 Å². The Balaban J connectivity index is 1.53. The summed E-state index contributed by atoms with van der Waals surface area (Å²) in [6, 6.07) is 21.6. The third kappa shape index (κ3) is 4.94. The monoisotopic (exact) mass is 506 g/mol. The molecule has 4 rings (SSSR count). The lowest BCUT2D eigenvalue weighted by molar-refractivity contribution is -0.136. The van der Waals surface area contributed by atoms with E-state index in [9.17, 15) is 10.1 Å². The van der Waals surface area contributed by atoms with Crippen molar-refractivity contribution in [3.8, 4) is 29.1 Å². The second kappa shape index (κ2) is 9.67. The number of benzene rings is 3. The molecule has 3 aromatic rings. The van der Waals surface area contributed by atoms with Gasteiger partial charge in [0.25, 0.3) is 0 Å². The molecule has 0 fully saturated rings. The summed E-state index contributed by atoms with van der Waals surface area (Å²) in [5, 5.41) is 9.68. The van der Waals surface area contributed by atoms with Crippen LogP contribution in [0.4, 0.5) is 0 Å². The van der Waals surface area contributed by atoms with Gasteiger partial charge in [0.2, 0.25) is 5.88 Å². The van der Waals surface area contributed by atoms with Crippen LogP contribution < -0.4 is 24.7 Å². The Labute approximate surface area is 199 Å². The lowest BCUT2D eigenvalue weighted by Crippen LogP contribution is -2.21. The molecule has 0 amide bonds. The number of methoxy groups -OCH3 is 1. The Kier molecular flexibility index (Phi) is 6.52. The number of halogens is 1. The number of esters is 1. The summed E-state index contributed by atoms with van der Waals surface area (Å²) in [5.41, 5.74) is 7.93. The second-order valence-corrected chi connectivity index (χ2v) is 8.03. The van der Waals surface area contributed by atoms with Crippen LogP contribution in [0.3, 0.4) is 0 Å². The number of nitrogens with two attached hydrogens (primary N) is 1. The molecule has 1 unspecified atom stereocenters. The van der Waals surface area contributed by atoms with Crippen LogP contribution in [-0.2, 0) is 4.79 Å². The zero-order chi connectivity index (χ0) is 23.4. The van der Waals surface area contributed by atoms with Crippen molar-refractivity contribution in [2.75, 3.05) is 13.7 Å². The Morgan fingerprint density at radius 2 is 1.73 bits per heavy atom. The number of nitrogens with zero attached hydrogens (tertiary/aromatic N) is 1. The van der Waals surface area contributed by atoms with E-state index >= 15 is 0 Å². The molecular weight excluding hydrogens is 488 g/mol. The standard InChI is InChI=1S/C25H19BrN2O5/c1-30-17-6-2-15(3-7-17)24-20-11-10-19(12-22(20)33-25(28)21(24)13-27)32-23(29)14-31-18-8-4-16(26)5-9-18/h2-12,24H,14,28H2,1H3. The number of rotatable bonds is 6. The van der Waals surface area contributed by atoms with Crippen molar-refractivity contribution in [2.24, 2.45) is 5.73 Å². The number of fused-ring (bicyclic) bond motifs is 1. The predicted molar refractivity (Wildman–Crippen MR) is 124 cm³/mol. The van der Waals surface area contributed by atoms with Crippen LogP contribution in [0.25, 0.3) is 0 Å². The topological polar surface area (TPSA) is 104 Å². The van der Waals surface area contributed by atoms with Crippen LogP contribution in [0, 0.1) is 11.3 Å². The van der Waals surface area contributed by atoms with Crippen molar-refractivity contribution < 1.29 is 23.7 Å². The number of nitriles is 1. The number of ether oxygens (including phenoxy) is 4. The molecule has 0 aliphatic carbocycles. The number of allylic oxidation sites excluding steroid dienone is 1. The lowest BCUT2D eigenvalue weighted by atomic mass is 9.83. The highest BCUT2D eigenvalue weighted by molar-refractivity contribution is 9.10. The van der Waals surface area contributed by atoms with E-state index in [1.54, 1.807) is 37.4 Å². The van der Waals surface area contributed by atoms with E-state index in [-0.39, 0.29) is 18.2 Å². The summed E-state index contributed by atoms with van der Waals surface area (Å²) in [6.45, 7) is -0.255. The summed E-state index contributed by atoms with van der Waals surface area (Å²) in [5.74, 6) is 0.957. The highest BCUT2D eigenvalue weighted by Crippen LogP contribution is 2.43. The van der Waals surface area contributed by atoms with E-state index in [2.05, 4.69) is 22.0 Å². The quantitative estimate of drug-likeness (QED) is 0.382. The molecule has 0 aromatic heterocycles. The van der Waals surface area contributed by atoms with Gasteiger partial charge in [-0.05, 0) is 48.0 Å². The molecule has 7 nitrogen and oxygen atoms in total. The smallest absolute Gasteiger partial charge is 0.349 e. The van der Waals surface area contributed by atoms with Gasteiger partial charge in [0.15, 0.2) is 6.61 Å². The fourth-order valence-electron chi connectivity index (χ4n) is 3.47. The predicted octanol–water partition coefficient (Wildman–Crippen LogP) is 4.66. The molecule has 33 heavy (non-hydrogen) atoms. The fourth-order valence-corrected chi connectivity index (χ4v) is 3.74. The maximum absolute atomic E-state index is 12.2. The Morgan fingerprint density at radius 3 is 2.39 bits per heavy atom. The molecule has 0 spiro atoms. The molecule has 8 heteroatoms. The van der Waals surface area contributed by atoms with Gasteiger partial charge in [-0.1, -0.05) is 34.1 Å². The Bertz CT molecular complexity index is 1250. The van der Waals surface area contributed by atoms with Crippen LogP contribution in [-0.4, -0.2) is 19.7 Å². The van der Waals surface area contributed by atoms with E-state index < -0.39 is 11.9 Å². The molecule has 2 N–H and O–H groups in total. The van der Waals surface area contributed by atoms with Crippen LogP contribution in [0.15, 0.2) is 82.7 Å². The fraction of sp³-hybridized carbons (Fsp3) is 0.120. The van der Waals surface area contributed by atoms with Gasteiger partial charge < -0.3 is 24.7 Å². The lowest BCUT2D eigenvalue weighted by Gasteiger charge is -2.26. The van der Waals surface area contributed by atoms with Gasteiger partial charge in [-0.15, -0.1) is 0 Å². The molecule has 3 aromatic carbocycles. The van der Waals surface area contributed by atoms with Crippen molar-refractivity contribution in [1.29, 1.82) is 5.26 Å². The average molecular weight is 507 g/mol. The first-order valence-electron chi connectivity index (χ1n) is 9.93. The van der Waals surface area contributed by atoms with Gasteiger partial charge in [-0.3, -0.25) is 0 Å². The maximum Gasteiger partial charge on any atom is 0.349 e. The average Bonchev–Trinajstić information content (AvgIpc) is 2.83. The van der Waals surface area contributed by atoms with Gasteiger partial charge in [0.1, 0.15) is 34.6 Å². The van der Waals surface area contributed by atoms with Crippen molar-refractivity contribution in [3.63, 3.8) is 0 Å². The summed E-state index contributed by atoms with van der Waals surface area (Å²) < 4.78 is 22.6. The normalized spacial score (nSPS) is 14.5. The number of carbonyl (C=O) groups excluding carboxylic acids is 1. The van der Waals surface area contributed by atoms with Gasteiger partial charge in [-0.2, -0.15) is 5.26 Å². The van der Waals surface area contributed by atoms with Gasteiger partial charge >= 0.3 is 5.97 Å². The van der Waals surface area contributed by atoms with E-state index in [1.807, 2.05) is 36.4 Å². The molecule has 1 aliphatic heterocycles. The minimum atomic E-state index is -0.568. The molecule has 1 atom stereocenters. The number of hydrogen-bond donors (Lipinski definition) is 1. The van der Waals surface area contributed by atoms with Crippen LogP contribution in [0.5, 0.6) is 23.0 Å². The maximum atomic E-state index is 12.2. The first kappa shape index (κ1) is 22.2. The summed E-state index contributed by atoms with van der Waals surface area (Å²) in [4.78, 5) is 12.2. The first-order valence-corrected chi connectivity index (χ1v) is 10.7. The van der Waals surface area contributed by atoms with E-state index in [1.165, 1.54) is 0 Å². The van der Waals surface area contributed by atoms with Crippen LogP contribution >= 0.6 is 15.9 Å². The van der Waals surface area contributed by atoms with E-state index in [0.29, 0.717) is 22.8 Å². The van der Waals surface area contributed by atoms with Crippen molar-refractivity contribution in [2.45, 2.75) is 5.92 Å². The van der Waals surface area contributed by atoms with Crippen LogP contribution in [0.1, 0.15) is 17.0 Å². The Hall–Kier alpha value is -3.96. The minimum absolute atomic E-state index is 0.00728. The highest BCUT2D eigenvalue weighted by atomic mass is 79.9. The summed E-state index contributed by atoms with van der Waals surface area (Å²) in [6.07, 6.45) is 0. The molecular formula is C25H19BrN2O5. The van der Waals surface area contributed by atoms with Crippen molar-refractivity contribution >= 4 is 21.9 Å². The van der Waals surface area contributed by atoms with Gasteiger partial charge in [-0.25, -0.2) is 4.79 Å². The molecule has 0 radical (unpaired) electrons. The summed E-state index contributed by atoms with van der Waals surface area (Å²) in [7, 11) is 1.59. The van der Waals surface area contributed by atoms with Crippen molar-refractivity contribution in [3.05, 3.63) is 93.8 Å². The summed E-state index contributed by atoms with van der Waals surface area (Å²) >= 11 is 3.34. The number of hydrogen-bond acceptors (Lipinski definition) is 7. The number of carbonyl (C=O) groups is 1. The minimum Gasteiger partial charge on any atom is -0.497 e. The molecule has 1 heterocycles. The largest absolute Gasteiger partial charge is 0.497 e. The Morgan fingerprint density at radius 1 is 1.06 bits per heavy atom. The molecule has 0 bridgehead atoms. The van der Waals surface area contributed by atoms with E-state index in [4.69, 9.17) is 24.7 Å². The SMILES string of the molecule is COc1ccc(C2C(C#N)=C(N)Oc3cc(OC(=O)COc4ccc(Br)cc4)ccc32)cc1. The van der Waals surface area contributed by atoms with E-state index in [0.717, 1.165) is 15.6 Å².